The van der Waals surface area contributed by atoms with Gasteiger partial charge in [0.15, 0.2) is 11.3 Å². The Labute approximate surface area is 275 Å². The minimum absolute atomic E-state index is 0.126. The zero-order valence-electron chi connectivity index (χ0n) is 27.1. The Morgan fingerprint density at radius 1 is 0.913 bits per heavy atom. The Morgan fingerprint density at radius 2 is 1.76 bits per heavy atom. The lowest BCUT2D eigenvalue weighted by atomic mass is 10.1. The van der Waals surface area contributed by atoms with Crippen LogP contribution in [-0.4, -0.2) is 72.7 Å². The van der Waals surface area contributed by atoms with Crippen LogP contribution in [0.2, 0.25) is 25.7 Å². The number of ether oxygens (including phenoxy) is 4. The largest absolute Gasteiger partial charge is 0.489 e. The molecule has 0 amide bonds. The van der Waals surface area contributed by atoms with E-state index in [1.807, 2.05) is 18.2 Å². The quantitative estimate of drug-likeness (QED) is 0.0742. The Hall–Kier alpha value is -3.23. The molecule has 2 N–H and O–H groups in total. The van der Waals surface area contributed by atoms with E-state index in [4.69, 9.17) is 28.9 Å². The third kappa shape index (κ3) is 9.19. The Balaban J connectivity index is 1.15. The number of nitrogens with one attached hydrogen (secondary N) is 2. The molecule has 4 aromatic heterocycles. The second-order valence-electron chi connectivity index (χ2n) is 13.2. The smallest absolute Gasteiger partial charge is 0.157 e. The van der Waals surface area contributed by atoms with Crippen LogP contribution in [0.3, 0.4) is 0 Å². The zero-order chi connectivity index (χ0) is 31.8. The molecule has 1 unspecified atom stereocenters. The molecule has 2 fully saturated rings. The average Bonchev–Trinajstić information content (AvgIpc) is 3.76. The van der Waals surface area contributed by atoms with Crippen molar-refractivity contribution in [2.75, 3.05) is 43.8 Å². The number of hydrogen-bond donors (Lipinski definition) is 2. The normalized spacial score (nSPS) is 17.4. The second-order valence-corrected chi connectivity index (χ2v) is 19.8. The Bertz CT molecular complexity index is 1570. The fourth-order valence-corrected chi connectivity index (χ4v) is 7.37. The monoisotopic (exact) mass is 663 g/mol. The van der Waals surface area contributed by atoms with Crippen LogP contribution in [0.1, 0.15) is 55.9 Å². The number of fused-ring (bicyclic) bond motifs is 1. The molecule has 5 heterocycles. The number of rotatable bonds is 15. The summed E-state index contributed by atoms with van der Waals surface area (Å²) in [5, 5.41) is 17.9. The molecule has 1 atom stereocenters. The minimum Gasteiger partial charge on any atom is -0.489 e. The van der Waals surface area contributed by atoms with Crippen molar-refractivity contribution in [1.82, 2.24) is 25.1 Å². The molecule has 2 aliphatic rings. The van der Waals surface area contributed by atoms with Crippen LogP contribution in [0, 0.1) is 0 Å². The van der Waals surface area contributed by atoms with E-state index in [0.717, 1.165) is 76.5 Å². The molecular weight excluding hydrogens is 619 g/mol. The third-order valence-electron chi connectivity index (χ3n) is 8.17. The van der Waals surface area contributed by atoms with Crippen LogP contribution in [0.15, 0.2) is 36.8 Å². The van der Waals surface area contributed by atoms with Gasteiger partial charge in [0.2, 0.25) is 0 Å². The zero-order valence-corrected chi connectivity index (χ0v) is 28.9. The molecule has 1 saturated carbocycles. The fraction of sp³-hybridized carbons (Fsp3) is 0.545. The molecule has 11 nitrogen and oxygen atoms in total. The molecule has 46 heavy (non-hydrogen) atoms. The van der Waals surface area contributed by atoms with Crippen LogP contribution >= 0.6 is 11.3 Å². The summed E-state index contributed by atoms with van der Waals surface area (Å²) in [6, 6.07) is 7.05. The van der Waals surface area contributed by atoms with E-state index in [-0.39, 0.29) is 6.29 Å². The molecule has 1 aliphatic heterocycles. The van der Waals surface area contributed by atoms with Gasteiger partial charge in [-0.1, -0.05) is 43.8 Å². The van der Waals surface area contributed by atoms with E-state index in [2.05, 4.69) is 45.5 Å². The van der Waals surface area contributed by atoms with Gasteiger partial charge < -0.3 is 29.6 Å². The van der Waals surface area contributed by atoms with E-state index < -0.39 is 8.07 Å². The maximum atomic E-state index is 5.97. The molecular formula is C33H45N7O4SSi. The maximum absolute atomic E-state index is 5.97. The summed E-state index contributed by atoms with van der Waals surface area (Å²) in [7, 11) is -1.18. The fourth-order valence-electron chi connectivity index (χ4n) is 5.58. The molecule has 246 valence electrons. The van der Waals surface area contributed by atoms with E-state index in [0.29, 0.717) is 37.4 Å². The van der Waals surface area contributed by atoms with Crippen LogP contribution in [0.5, 0.6) is 5.75 Å². The summed E-state index contributed by atoms with van der Waals surface area (Å²) >= 11 is 1.66. The molecule has 13 heteroatoms. The molecule has 4 aromatic rings. The highest BCUT2D eigenvalue weighted by Crippen LogP contribution is 2.39. The summed E-state index contributed by atoms with van der Waals surface area (Å²) in [5.74, 6) is 1.88. The first-order valence-electron chi connectivity index (χ1n) is 16.4. The van der Waals surface area contributed by atoms with Gasteiger partial charge >= 0.3 is 0 Å². The summed E-state index contributed by atoms with van der Waals surface area (Å²) in [6.07, 6.45) is 13.2. The van der Waals surface area contributed by atoms with Crippen LogP contribution in [0.25, 0.3) is 21.6 Å². The van der Waals surface area contributed by atoms with Gasteiger partial charge in [-0.2, -0.15) is 0 Å². The van der Waals surface area contributed by atoms with Crippen molar-refractivity contribution in [3.8, 4) is 16.3 Å². The lowest BCUT2D eigenvalue weighted by molar-refractivity contribution is -0.165. The second kappa shape index (κ2) is 15.6. The van der Waals surface area contributed by atoms with Crippen molar-refractivity contribution in [2.45, 2.75) is 82.8 Å². The van der Waals surface area contributed by atoms with Gasteiger partial charge in [0.05, 0.1) is 53.2 Å². The van der Waals surface area contributed by atoms with Crippen molar-refractivity contribution < 1.29 is 18.9 Å². The van der Waals surface area contributed by atoms with Gasteiger partial charge in [-0.25, -0.2) is 4.98 Å². The summed E-state index contributed by atoms with van der Waals surface area (Å²) in [4.78, 5) is 14.1. The van der Waals surface area contributed by atoms with Crippen molar-refractivity contribution in [1.29, 1.82) is 0 Å². The van der Waals surface area contributed by atoms with E-state index in [1.54, 1.807) is 29.9 Å². The number of hydrogen-bond acceptors (Lipinski definition) is 12. The van der Waals surface area contributed by atoms with Crippen molar-refractivity contribution >= 4 is 47.6 Å². The predicted molar refractivity (Wildman–Crippen MR) is 185 cm³/mol. The number of anilines is 3. The molecule has 0 bridgehead atoms. The minimum atomic E-state index is -1.18. The van der Waals surface area contributed by atoms with E-state index in [1.165, 1.54) is 25.7 Å². The average molecular weight is 664 g/mol. The highest BCUT2D eigenvalue weighted by atomic mass is 32.1. The van der Waals surface area contributed by atoms with E-state index >= 15 is 0 Å². The van der Waals surface area contributed by atoms with Crippen molar-refractivity contribution in [3.05, 3.63) is 41.8 Å². The van der Waals surface area contributed by atoms with Gasteiger partial charge in [0.1, 0.15) is 29.9 Å². The van der Waals surface area contributed by atoms with Crippen LogP contribution in [-0.2, 0) is 14.2 Å². The maximum Gasteiger partial charge on any atom is 0.157 e. The molecule has 6 rings (SSSR count). The SMILES string of the molecule is C[Si](C)(C)CCOCNc1nc2cc(Nc3cncc(OCCOC4CCCCO4)c3)cnc2cc1-c1nnc(C2CCCC2)s1. The number of aromatic nitrogens is 5. The number of pyridine rings is 3. The molecule has 1 aliphatic carbocycles. The predicted octanol–water partition coefficient (Wildman–Crippen LogP) is 7.59. The van der Waals surface area contributed by atoms with Gasteiger partial charge in [-0.05, 0) is 50.3 Å². The Morgan fingerprint density at radius 3 is 2.59 bits per heavy atom. The standard InChI is InChI=1S/C33H45N7O4SSi/c1-46(2,3)15-14-41-22-36-31-27(33-40-39-32(45-33)23-8-4-5-9-23)18-28-29(38-31)17-25(20-35-28)37-24-16-26(21-34-19-24)42-12-13-44-30-10-6-7-11-43-30/h16-21,23,30,37H,4-15,22H2,1-3H3,(H,36,38). The molecule has 1 saturated heterocycles. The van der Waals surface area contributed by atoms with Crippen LogP contribution < -0.4 is 15.4 Å². The van der Waals surface area contributed by atoms with Gasteiger partial charge in [-0.3, -0.25) is 9.97 Å². The number of nitrogens with zero attached hydrogens (tertiary/aromatic N) is 5. The lowest BCUT2D eigenvalue weighted by Crippen LogP contribution is -2.24. The molecule has 0 spiro atoms. The van der Waals surface area contributed by atoms with Gasteiger partial charge in [0.25, 0.3) is 0 Å². The van der Waals surface area contributed by atoms with Crippen molar-refractivity contribution in [3.63, 3.8) is 0 Å². The summed E-state index contributed by atoms with van der Waals surface area (Å²) in [5.41, 5.74) is 4.00. The van der Waals surface area contributed by atoms with Gasteiger partial charge in [0, 0.05) is 33.3 Å². The molecule has 0 aromatic carbocycles. The summed E-state index contributed by atoms with van der Waals surface area (Å²) < 4.78 is 23.3. The molecule has 0 radical (unpaired) electrons. The highest BCUT2D eigenvalue weighted by molar-refractivity contribution is 7.14. The van der Waals surface area contributed by atoms with Crippen molar-refractivity contribution in [2.24, 2.45) is 0 Å². The Kier molecular flexibility index (Phi) is 11.1. The van der Waals surface area contributed by atoms with Crippen LogP contribution in [0.4, 0.5) is 17.2 Å². The van der Waals surface area contributed by atoms with Gasteiger partial charge in [-0.15, -0.1) is 10.2 Å². The lowest BCUT2D eigenvalue weighted by Gasteiger charge is -2.22. The first-order valence-corrected chi connectivity index (χ1v) is 21.0. The first kappa shape index (κ1) is 32.7. The topological polar surface area (TPSA) is 125 Å². The summed E-state index contributed by atoms with van der Waals surface area (Å²) in [6.45, 7) is 9.80. The highest BCUT2D eigenvalue weighted by Gasteiger charge is 2.23. The third-order valence-corrected chi connectivity index (χ3v) is 11.0. The first-order chi connectivity index (χ1) is 22.4. The van der Waals surface area contributed by atoms with E-state index in [9.17, 15) is 0 Å².